The third-order valence-electron chi connectivity index (χ3n) is 6.33. The van der Waals surface area contributed by atoms with Crippen LogP contribution in [0.25, 0.3) is 39.2 Å². The van der Waals surface area contributed by atoms with Crippen molar-refractivity contribution in [2.24, 2.45) is 0 Å². The van der Waals surface area contributed by atoms with Crippen LogP contribution in [0.4, 0.5) is 0 Å². The molecule has 0 fully saturated rings. The van der Waals surface area contributed by atoms with Gasteiger partial charge in [0.25, 0.3) is 5.56 Å². The lowest BCUT2D eigenvalue weighted by Crippen LogP contribution is -2.25. The van der Waals surface area contributed by atoms with E-state index in [1.165, 1.54) is 4.52 Å². The Morgan fingerprint density at radius 2 is 1.39 bits per heavy atom. The zero-order valence-corrected chi connectivity index (χ0v) is 21.4. The Labute approximate surface area is 227 Å². The quantitative estimate of drug-likeness (QED) is 0.238. The van der Waals surface area contributed by atoms with Crippen LogP contribution in [0.15, 0.2) is 101 Å². The largest absolute Gasteiger partial charge is 0.364 e. The summed E-state index contributed by atoms with van der Waals surface area (Å²) in [4.78, 5) is 13.4. The van der Waals surface area contributed by atoms with Crippen molar-refractivity contribution in [3.63, 3.8) is 0 Å². The average molecular weight is 540 g/mol. The van der Waals surface area contributed by atoms with Gasteiger partial charge in [0.05, 0.1) is 6.20 Å². The highest BCUT2D eigenvalue weighted by molar-refractivity contribution is 6.31. The second-order valence-corrected chi connectivity index (χ2v) is 9.59. The third-order valence-corrected chi connectivity index (χ3v) is 6.83. The fourth-order valence-corrected chi connectivity index (χ4v) is 4.60. The monoisotopic (exact) mass is 539 g/mol. The second kappa shape index (κ2) is 10.2. The van der Waals surface area contributed by atoms with Crippen molar-refractivity contribution < 1.29 is 4.52 Å². The van der Waals surface area contributed by atoms with Gasteiger partial charge in [-0.05, 0) is 47.4 Å². The van der Waals surface area contributed by atoms with E-state index in [2.05, 4.69) is 20.5 Å². The molecular formula is C29H19Cl2N5O2. The molecule has 0 amide bonds. The van der Waals surface area contributed by atoms with Crippen LogP contribution in [0.1, 0.15) is 11.3 Å². The molecule has 7 nitrogen and oxygen atoms in total. The molecule has 0 aliphatic carbocycles. The van der Waals surface area contributed by atoms with Crippen LogP contribution in [0, 0.1) is 0 Å². The maximum Gasteiger partial charge on any atom is 0.296 e. The number of fused-ring (bicyclic) bond motifs is 1. The molecule has 38 heavy (non-hydrogen) atoms. The van der Waals surface area contributed by atoms with E-state index < -0.39 is 0 Å². The van der Waals surface area contributed by atoms with E-state index in [1.807, 2.05) is 66.7 Å². The number of aromatic nitrogens is 5. The van der Waals surface area contributed by atoms with E-state index in [0.717, 1.165) is 39.1 Å². The highest BCUT2D eigenvalue weighted by Gasteiger charge is 2.18. The van der Waals surface area contributed by atoms with Crippen LogP contribution >= 0.6 is 23.2 Å². The minimum atomic E-state index is -0.299. The highest BCUT2D eigenvalue weighted by atomic mass is 35.5. The molecule has 0 radical (unpaired) electrons. The first-order valence-corrected chi connectivity index (χ1v) is 12.6. The highest BCUT2D eigenvalue weighted by Crippen LogP contribution is 2.34. The first-order valence-electron chi connectivity index (χ1n) is 11.9. The van der Waals surface area contributed by atoms with Crippen molar-refractivity contribution >= 4 is 28.8 Å². The Kier molecular flexibility index (Phi) is 6.45. The normalized spacial score (nSPS) is 11.2. The molecule has 6 rings (SSSR count). The van der Waals surface area contributed by atoms with Crippen molar-refractivity contribution in [3.05, 3.63) is 123 Å². The fraction of sp³-hybridized carbons (Fsp3) is 0.0690. The molecule has 0 aliphatic rings. The van der Waals surface area contributed by atoms with Gasteiger partial charge in [0.15, 0.2) is 5.65 Å². The first-order chi connectivity index (χ1) is 18.6. The fourth-order valence-electron chi connectivity index (χ4n) is 4.35. The second-order valence-electron chi connectivity index (χ2n) is 8.72. The Balaban J connectivity index is 1.37. The molecule has 3 aromatic heterocycles. The summed E-state index contributed by atoms with van der Waals surface area (Å²) in [6.07, 6.45) is 4.27. The number of nitrogens with zero attached hydrogens (tertiary/aromatic N) is 5. The lowest BCUT2D eigenvalue weighted by Gasteiger charge is -2.13. The summed E-state index contributed by atoms with van der Waals surface area (Å²) in [5.41, 5.74) is 6.48. The van der Waals surface area contributed by atoms with E-state index in [-0.39, 0.29) is 5.56 Å². The summed E-state index contributed by atoms with van der Waals surface area (Å²) in [7, 11) is 0. The van der Waals surface area contributed by atoms with Gasteiger partial charge in [0.2, 0.25) is 0 Å². The first kappa shape index (κ1) is 24.0. The van der Waals surface area contributed by atoms with Crippen LogP contribution in [0.2, 0.25) is 10.0 Å². The smallest absolute Gasteiger partial charge is 0.296 e. The zero-order chi connectivity index (χ0) is 26.1. The van der Waals surface area contributed by atoms with Crippen LogP contribution in [0.5, 0.6) is 0 Å². The molecule has 9 heteroatoms. The number of hydrogen-bond acceptors (Lipinski definition) is 6. The lowest BCUT2D eigenvalue weighted by atomic mass is 9.97. The van der Waals surface area contributed by atoms with Crippen molar-refractivity contribution in [1.82, 2.24) is 25.0 Å². The van der Waals surface area contributed by atoms with Crippen LogP contribution in [-0.4, -0.2) is 25.0 Å². The van der Waals surface area contributed by atoms with Gasteiger partial charge in [-0.1, -0.05) is 76.9 Å². The SMILES string of the molecule is O=c1c(CCc2ccc(-c3ccon3)cc2)nnc2c(-c3ccc(Cl)cc3)c(-c3ccc(Cl)cc3)cnn12. The minimum Gasteiger partial charge on any atom is -0.364 e. The molecule has 0 saturated heterocycles. The lowest BCUT2D eigenvalue weighted by molar-refractivity contribution is 0.422. The van der Waals surface area contributed by atoms with Crippen molar-refractivity contribution in [1.29, 1.82) is 0 Å². The Hall–Kier alpha value is -4.33. The van der Waals surface area contributed by atoms with E-state index in [9.17, 15) is 4.79 Å². The van der Waals surface area contributed by atoms with Gasteiger partial charge >= 0.3 is 0 Å². The average Bonchev–Trinajstić information content (AvgIpc) is 3.49. The molecular weight excluding hydrogens is 521 g/mol. The van der Waals surface area contributed by atoms with Crippen molar-refractivity contribution in [2.75, 3.05) is 0 Å². The minimum absolute atomic E-state index is 0.299. The van der Waals surface area contributed by atoms with Crippen molar-refractivity contribution in [3.8, 4) is 33.5 Å². The molecule has 0 unspecified atom stereocenters. The Morgan fingerprint density at radius 3 is 2.05 bits per heavy atom. The molecule has 0 N–H and O–H groups in total. The molecule has 6 aromatic rings. The van der Waals surface area contributed by atoms with Gasteiger partial charge in [0, 0.05) is 39.2 Å². The number of hydrogen-bond donors (Lipinski definition) is 0. The number of rotatable bonds is 6. The maximum atomic E-state index is 13.4. The molecule has 3 heterocycles. The molecule has 0 bridgehead atoms. The standard InChI is InChI=1S/C29H19Cl2N5O2/c30-22-10-6-19(7-11-22)24-17-32-36-28(27(24)21-8-12-23(31)13-9-21)34-33-26(29(36)37)14-3-18-1-4-20(5-2-18)25-15-16-38-35-25/h1-2,4-13,15-17H,3,14H2. The van der Waals surface area contributed by atoms with E-state index in [4.69, 9.17) is 27.7 Å². The zero-order valence-electron chi connectivity index (χ0n) is 19.9. The summed E-state index contributed by atoms with van der Waals surface area (Å²) < 4.78 is 6.23. The van der Waals surface area contributed by atoms with Gasteiger partial charge in [0.1, 0.15) is 17.7 Å². The maximum absolute atomic E-state index is 13.4. The molecule has 186 valence electrons. The summed E-state index contributed by atoms with van der Waals surface area (Å²) in [5.74, 6) is 0. The van der Waals surface area contributed by atoms with E-state index >= 15 is 0 Å². The van der Waals surface area contributed by atoms with Crippen LogP contribution in [-0.2, 0) is 12.8 Å². The van der Waals surface area contributed by atoms with Gasteiger partial charge < -0.3 is 4.52 Å². The number of aryl methyl sites for hydroxylation is 2. The summed E-state index contributed by atoms with van der Waals surface area (Å²) in [6, 6.07) is 24.6. The van der Waals surface area contributed by atoms with E-state index in [0.29, 0.717) is 34.2 Å². The topological polar surface area (TPSA) is 86.2 Å². The Bertz CT molecular complexity index is 1780. The number of halogens is 2. The summed E-state index contributed by atoms with van der Waals surface area (Å²) >= 11 is 12.2. The van der Waals surface area contributed by atoms with Gasteiger partial charge in [-0.15, -0.1) is 10.2 Å². The van der Waals surface area contributed by atoms with E-state index in [1.54, 1.807) is 24.6 Å². The molecule has 0 aliphatic heterocycles. The van der Waals surface area contributed by atoms with Crippen LogP contribution in [0.3, 0.4) is 0 Å². The molecule has 3 aromatic carbocycles. The summed E-state index contributed by atoms with van der Waals surface area (Å²) in [5, 5.41) is 18.5. The van der Waals surface area contributed by atoms with Gasteiger partial charge in [-0.2, -0.15) is 9.61 Å². The molecule has 0 saturated carbocycles. The molecule has 0 spiro atoms. The third kappa shape index (κ3) is 4.69. The number of benzene rings is 3. The Morgan fingerprint density at radius 1 is 0.737 bits per heavy atom. The summed E-state index contributed by atoms with van der Waals surface area (Å²) in [6.45, 7) is 0. The van der Waals surface area contributed by atoms with Gasteiger partial charge in [-0.25, -0.2) is 0 Å². The molecule has 0 atom stereocenters. The van der Waals surface area contributed by atoms with Crippen LogP contribution < -0.4 is 5.56 Å². The predicted octanol–water partition coefficient (Wildman–Crippen LogP) is 6.57. The van der Waals surface area contributed by atoms with Gasteiger partial charge in [-0.3, -0.25) is 4.79 Å². The van der Waals surface area contributed by atoms with Crippen molar-refractivity contribution in [2.45, 2.75) is 12.8 Å². The predicted molar refractivity (Wildman–Crippen MR) is 147 cm³/mol.